The van der Waals surface area contributed by atoms with Gasteiger partial charge in [-0.05, 0) is 63.1 Å². The summed E-state index contributed by atoms with van der Waals surface area (Å²) in [6.45, 7) is 8.05. The Labute approximate surface area is 165 Å². The Kier molecular flexibility index (Phi) is 5.66. The van der Waals surface area contributed by atoms with Crippen LogP contribution in [0.1, 0.15) is 50.8 Å². The molecule has 0 unspecified atom stereocenters. The van der Waals surface area contributed by atoms with Crippen molar-refractivity contribution in [2.24, 2.45) is 0 Å². The van der Waals surface area contributed by atoms with Gasteiger partial charge >= 0.3 is 0 Å². The molecule has 0 aromatic heterocycles. The van der Waals surface area contributed by atoms with E-state index in [4.69, 9.17) is 21.1 Å². The van der Waals surface area contributed by atoms with Gasteiger partial charge in [0.05, 0.1) is 6.04 Å². The summed E-state index contributed by atoms with van der Waals surface area (Å²) in [5.41, 5.74) is 1.79. The summed E-state index contributed by atoms with van der Waals surface area (Å²) in [5.74, 6) is 1.34. The highest BCUT2D eigenvalue weighted by molar-refractivity contribution is 6.30. The molecule has 144 valence electrons. The number of carbonyl (C=O) groups excluding carboxylic acids is 1. The lowest BCUT2D eigenvalue weighted by Gasteiger charge is -2.38. The molecule has 1 aliphatic rings. The molecule has 0 bridgehead atoms. The first-order valence-corrected chi connectivity index (χ1v) is 9.67. The first-order valence-electron chi connectivity index (χ1n) is 9.29. The van der Waals surface area contributed by atoms with Crippen molar-refractivity contribution >= 4 is 17.5 Å². The van der Waals surface area contributed by atoms with E-state index in [2.05, 4.69) is 5.32 Å². The van der Waals surface area contributed by atoms with Crippen molar-refractivity contribution in [2.75, 3.05) is 0 Å². The third-order valence-electron chi connectivity index (χ3n) is 4.70. The Morgan fingerprint density at radius 2 is 2.00 bits per heavy atom. The summed E-state index contributed by atoms with van der Waals surface area (Å²) in [4.78, 5) is 12.9. The summed E-state index contributed by atoms with van der Waals surface area (Å²) in [5, 5.41) is 3.80. The molecule has 1 aliphatic heterocycles. The molecule has 0 saturated heterocycles. The van der Waals surface area contributed by atoms with E-state index in [1.807, 2.05) is 45.9 Å². The fourth-order valence-electron chi connectivity index (χ4n) is 3.35. The Bertz CT molecular complexity index is 817. The van der Waals surface area contributed by atoms with Gasteiger partial charge < -0.3 is 14.8 Å². The highest BCUT2D eigenvalue weighted by atomic mass is 35.5. The summed E-state index contributed by atoms with van der Waals surface area (Å²) in [6, 6.07) is 13.0. The third kappa shape index (κ3) is 4.75. The molecule has 1 heterocycles. The minimum absolute atomic E-state index is 0.111. The van der Waals surface area contributed by atoms with E-state index >= 15 is 0 Å². The van der Waals surface area contributed by atoms with E-state index in [1.165, 1.54) is 0 Å². The summed E-state index contributed by atoms with van der Waals surface area (Å²) in [6.07, 6.45) is 0.708. The van der Waals surface area contributed by atoms with Crippen molar-refractivity contribution in [3.63, 3.8) is 0 Å². The molecule has 0 fully saturated rings. The molecule has 3 rings (SSSR count). The maximum atomic E-state index is 12.9. The number of fused-ring (bicyclic) bond motifs is 1. The smallest absolute Gasteiger partial charge is 0.261 e. The van der Waals surface area contributed by atoms with Crippen LogP contribution in [0.25, 0.3) is 0 Å². The van der Waals surface area contributed by atoms with Crippen molar-refractivity contribution in [3.8, 4) is 11.5 Å². The van der Waals surface area contributed by atoms with Crippen LogP contribution in [0.2, 0.25) is 5.02 Å². The number of ether oxygens (including phenoxy) is 2. The Balaban J connectivity index is 1.76. The number of hydrogen-bond acceptors (Lipinski definition) is 3. The molecule has 4 nitrogen and oxygen atoms in total. The van der Waals surface area contributed by atoms with E-state index in [0.717, 1.165) is 16.9 Å². The quantitative estimate of drug-likeness (QED) is 0.764. The SMILES string of the molecule is CC[C@H](Oc1ccc(Cl)cc1)C(=O)N[C@H]1CC(C)(C)Oc2cc(C)ccc21. The van der Waals surface area contributed by atoms with Gasteiger partial charge in [-0.15, -0.1) is 0 Å². The number of nitrogens with one attached hydrogen (secondary N) is 1. The maximum absolute atomic E-state index is 12.9. The van der Waals surface area contributed by atoms with Crippen LogP contribution in [0.3, 0.4) is 0 Å². The molecular weight excluding hydrogens is 362 g/mol. The minimum atomic E-state index is -0.564. The van der Waals surface area contributed by atoms with Crippen molar-refractivity contribution < 1.29 is 14.3 Å². The number of carbonyl (C=O) groups is 1. The van der Waals surface area contributed by atoms with Gasteiger partial charge in [0.1, 0.15) is 17.1 Å². The van der Waals surface area contributed by atoms with E-state index in [-0.39, 0.29) is 17.6 Å². The zero-order valence-electron chi connectivity index (χ0n) is 16.2. The summed E-state index contributed by atoms with van der Waals surface area (Å²) < 4.78 is 12.0. The molecule has 0 saturated carbocycles. The average molecular weight is 388 g/mol. The largest absolute Gasteiger partial charge is 0.487 e. The van der Waals surface area contributed by atoms with Gasteiger partial charge in [0, 0.05) is 17.0 Å². The fraction of sp³-hybridized carbons (Fsp3) is 0.409. The van der Waals surface area contributed by atoms with Crippen LogP contribution >= 0.6 is 11.6 Å². The second-order valence-electron chi connectivity index (χ2n) is 7.64. The van der Waals surface area contributed by atoms with Crippen molar-refractivity contribution in [1.82, 2.24) is 5.32 Å². The van der Waals surface area contributed by atoms with Gasteiger partial charge in [0.2, 0.25) is 0 Å². The average Bonchev–Trinajstić information content (AvgIpc) is 2.59. The van der Waals surface area contributed by atoms with Crippen LogP contribution in [-0.4, -0.2) is 17.6 Å². The first kappa shape index (κ1) is 19.6. The number of amides is 1. The molecule has 1 N–H and O–H groups in total. The monoisotopic (exact) mass is 387 g/mol. The second-order valence-corrected chi connectivity index (χ2v) is 8.07. The third-order valence-corrected chi connectivity index (χ3v) is 4.95. The van der Waals surface area contributed by atoms with Gasteiger partial charge in [-0.1, -0.05) is 30.7 Å². The van der Waals surface area contributed by atoms with Crippen molar-refractivity contribution in [3.05, 3.63) is 58.6 Å². The fourth-order valence-corrected chi connectivity index (χ4v) is 3.48. The van der Waals surface area contributed by atoms with Crippen molar-refractivity contribution in [2.45, 2.75) is 58.3 Å². The number of hydrogen-bond donors (Lipinski definition) is 1. The molecule has 2 atom stereocenters. The van der Waals surface area contributed by atoms with E-state index in [1.54, 1.807) is 24.3 Å². The first-order chi connectivity index (χ1) is 12.8. The van der Waals surface area contributed by atoms with Crippen LogP contribution in [0, 0.1) is 6.92 Å². The molecule has 27 heavy (non-hydrogen) atoms. The van der Waals surface area contributed by atoms with Crippen LogP contribution in [0.15, 0.2) is 42.5 Å². The Hall–Kier alpha value is -2.20. The molecule has 1 amide bonds. The summed E-state index contributed by atoms with van der Waals surface area (Å²) >= 11 is 5.91. The lowest BCUT2D eigenvalue weighted by molar-refractivity contribution is -0.129. The molecule has 0 spiro atoms. The van der Waals surface area contributed by atoms with Crippen LogP contribution in [0.4, 0.5) is 0 Å². The van der Waals surface area contributed by atoms with E-state index in [0.29, 0.717) is 23.6 Å². The number of benzene rings is 2. The predicted octanol–water partition coefficient (Wildman–Crippen LogP) is 5.22. The highest BCUT2D eigenvalue weighted by Gasteiger charge is 2.35. The molecule has 2 aromatic carbocycles. The maximum Gasteiger partial charge on any atom is 0.261 e. The van der Waals surface area contributed by atoms with Crippen LogP contribution in [-0.2, 0) is 4.79 Å². The van der Waals surface area contributed by atoms with Gasteiger partial charge in [-0.3, -0.25) is 4.79 Å². The second kappa shape index (κ2) is 7.81. The standard InChI is InChI=1S/C22H26ClNO3/c1-5-19(26-16-9-7-15(23)8-10-16)21(25)24-18-13-22(3,4)27-20-12-14(2)6-11-17(18)20/h6-12,18-19H,5,13H2,1-4H3,(H,24,25)/t18-,19-/m0/s1. The van der Waals surface area contributed by atoms with E-state index < -0.39 is 6.10 Å². The lowest BCUT2D eigenvalue weighted by Crippen LogP contribution is -2.45. The molecule has 0 aliphatic carbocycles. The van der Waals surface area contributed by atoms with Gasteiger partial charge in [-0.25, -0.2) is 0 Å². The normalized spacial score (nSPS) is 18.8. The topological polar surface area (TPSA) is 47.6 Å². The molecular formula is C22H26ClNO3. The molecule has 5 heteroatoms. The zero-order valence-corrected chi connectivity index (χ0v) is 17.0. The highest BCUT2D eigenvalue weighted by Crippen LogP contribution is 2.40. The van der Waals surface area contributed by atoms with Gasteiger partial charge in [0.15, 0.2) is 6.10 Å². The molecule has 2 aromatic rings. The van der Waals surface area contributed by atoms with E-state index in [9.17, 15) is 4.79 Å². The number of halogens is 1. The molecule has 0 radical (unpaired) electrons. The number of aryl methyl sites for hydroxylation is 1. The Morgan fingerprint density at radius 1 is 1.30 bits per heavy atom. The van der Waals surface area contributed by atoms with Crippen LogP contribution < -0.4 is 14.8 Å². The number of rotatable bonds is 5. The van der Waals surface area contributed by atoms with Gasteiger partial charge in [-0.2, -0.15) is 0 Å². The Morgan fingerprint density at radius 3 is 2.67 bits per heavy atom. The van der Waals surface area contributed by atoms with Gasteiger partial charge in [0.25, 0.3) is 5.91 Å². The van der Waals surface area contributed by atoms with Crippen LogP contribution in [0.5, 0.6) is 11.5 Å². The zero-order chi connectivity index (χ0) is 19.6. The summed E-state index contributed by atoms with van der Waals surface area (Å²) in [7, 11) is 0. The predicted molar refractivity (Wildman–Crippen MR) is 108 cm³/mol. The lowest BCUT2D eigenvalue weighted by atomic mass is 9.89. The van der Waals surface area contributed by atoms with Crippen molar-refractivity contribution in [1.29, 1.82) is 0 Å². The minimum Gasteiger partial charge on any atom is -0.487 e.